The highest BCUT2D eigenvalue weighted by Gasteiger charge is 2.11. The molecule has 1 aromatic carbocycles. The fourth-order valence-corrected chi connectivity index (χ4v) is 3.02. The number of aromatic nitrogens is 3. The maximum Gasteiger partial charge on any atom is 0.113 e. The lowest BCUT2D eigenvalue weighted by atomic mass is 10.1. The number of rotatable bonds is 4. The molecule has 0 spiro atoms. The first kappa shape index (κ1) is 14.5. The molecule has 22 heavy (non-hydrogen) atoms. The highest BCUT2D eigenvalue weighted by atomic mass is 32.2. The fourth-order valence-electron chi connectivity index (χ4n) is 2.37. The number of anilines is 1. The van der Waals surface area contributed by atoms with E-state index in [-0.39, 0.29) is 0 Å². The summed E-state index contributed by atoms with van der Waals surface area (Å²) in [7, 11) is 0. The van der Waals surface area contributed by atoms with Crippen LogP contribution in [0.1, 0.15) is 36.7 Å². The number of nitriles is 1. The van der Waals surface area contributed by atoms with Gasteiger partial charge >= 0.3 is 0 Å². The van der Waals surface area contributed by atoms with Crippen LogP contribution >= 0.6 is 11.9 Å². The van der Waals surface area contributed by atoms with Crippen molar-refractivity contribution in [1.29, 1.82) is 5.26 Å². The van der Waals surface area contributed by atoms with E-state index in [1.807, 2.05) is 25.3 Å². The van der Waals surface area contributed by atoms with Gasteiger partial charge in [-0.15, -0.1) is 0 Å². The van der Waals surface area contributed by atoms with Gasteiger partial charge in [-0.3, -0.25) is 0 Å². The Kier molecular flexibility index (Phi) is 3.82. The molecule has 0 unspecified atom stereocenters. The highest BCUT2D eigenvalue weighted by molar-refractivity contribution is 8.00. The van der Waals surface area contributed by atoms with E-state index >= 15 is 0 Å². The van der Waals surface area contributed by atoms with Crippen LogP contribution in [0.25, 0.3) is 10.9 Å². The standard InChI is InChI=1S/C16H17N5S/c1-9(2)16-19-8-13(20-16)22-21-12-5-4-10(3)14-11(6-17)7-18-15(12)14/h4-5,7-9,18,21H,1-3H3,(H,19,20). The van der Waals surface area contributed by atoms with E-state index in [4.69, 9.17) is 0 Å². The number of hydrogen-bond acceptors (Lipinski definition) is 4. The van der Waals surface area contributed by atoms with Gasteiger partial charge in [-0.1, -0.05) is 19.9 Å². The second kappa shape index (κ2) is 5.78. The Morgan fingerprint density at radius 1 is 1.36 bits per heavy atom. The molecule has 0 saturated carbocycles. The molecular weight excluding hydrogens is 294 g/mol. The van der Waals surface area contributed by atoms with Crippen LogP contribution in [0.5, 0.6) is 0 Å². The summed E-state index contributed by atoms with van der Waals surface area (Å²) in [6.07, 6.45) is 3.58. The monoisotopic (exact) mass is 311 g/mol. The molecule has 0 bridgehead atoms. The Morgan fingerprint density at radius 3 is 2.86 bits per heavy atom. The molecule has 0 aliphatic heterocycles. The largest absolute Gasteiger partial charge is 0.358 e. The van der Waals surface area contributed by atoms with E-state index in [0.717, 1.165) is 33.0 Å². The number of H-pyrrole nitrogens is 2. The van der Waals surface area contributed by atoms with Crippen molar-refractivity contribution in [3.05, 3.63) is 41.5 Å². The zero-order valence-corrected chi connectivity index (χ0v) is 13.5. The molecule has 0 atom stereocenters. The van der Waals surface area contributed by atoms with Crippen LogP contribution in [0, 0.1) is 18.3 Å². The van der Waals surface area contributed by atoms with Gasteiger partial charge < -0.3 is 14.7 Å². The van der Waals surface area contributed by atoms with Crippen molar-refractivity contribution in [2.75, 3.05) is 4.72 Å². The molecule has 2 heterocycles. The van der Waals surface area contributed by atoms with Gasteiger partial charge in [0.15, 0.2) is 0 Å². The summed E-state index contributed by atoms with van der Waals surface area (Å²) in [5.74, 6) is 1.35. The van der Waals surface area contributed by atoms with Gasteiger partial charge in [0.05, 0.1) is 23.0 Å². The van der Waals surface area contributed by atoms with Gasteiger partial charge in [0.2, 0.25) is 0 Å². The van der Waals surface area contributed by atoms with Crippen LogP contribution in [0.2, 0.25) is 0 Å². The van der Waals surface area contributed by atoms with Gasteiger partial charge in [-0.25, -0.2) is 4.98 Å². The second-order valence-corrected chi connectivity index (χ2v) is 6.33. The van der Waals surface area contributed by atoms with Crippen molar-refractivity contribution < 1.29 is 0 Å². The van der Waals surface area contributed by atoms with E-state index in [9.17, 15) is 5.26 Å². The molecule has 3 rings (SSSR count). The first-order valence-corrected chi connectivity index (χ1v) is 7.90. The minimum absolute atomic E-state index is 0.377. The predicted molar refractivity (Wildman–Crippen MR) is 89.9 cm³/mol. The van der Waals surface area contributed by atoms with Gasteiger partial charge in [0, 0.05) is 29.4 Å². The summed E-state index contributed by atoms with van der Waals surface area (Å²) in [6, 6.07) is 6.26. The van der Waals surface area contributed by atoms with E-state index in [1.54, 1.807) is 6.20 Å². The Morgan fingerprint density at radius 2 is 2.18 bits per heavy atom. The summed E-state index contributed by atoms with van der Waals surface area (Å²) in [4.78, 5) is 10.8. The predicted octanol–water partition coefficient (Wildman–Crippen LogP) is 4.31. The van der Waals surface area contributed by atoms with Crippen LogP contribution in [-0.4, -0.2) is 15.0 Å². The van der Waals surface area contributed by atoms with Gasteiger partial charge in [-0.2, -0.15) is 5.26 Å². The van der Waals surface area contributed by atoms with Crippen LogP contribution in [-0.2, 0) is 0 Å². The summed E-state index contributed by atoms with van der Waals surface area (Å²) < 4.78 is 3.33. The third-order valence-corrected chi connectivity index (χ3v) is 4.30. The molecule has 6 heteroatoms. The minimum Gasteiger partial charge on any atom is -0.358 e. The maximum atomic E-state index is 9.19. The first-order chi connectivity index (χ1) is 10.6. The quantitative estimate of drug-likeness (QED) is 0.627. The number of nitrogens with zero attached hydrogens (tertiary/aromatic N) is 2. The van der Waals surface area contributed by atoms with Crippen molar-refractivity contribution >= 4 is 28.5 Å². The number of hydrogen-bond donors (Lipinski definition) is 3. The van der Waals surface area contributed by atoms with E-state index < -0.39 is 0 Å². The lowest BCUT2D eigenvalue weighted by molar-refractivity contribution is 0.787. The van der Waals surface area contributed by atoms with Crippen LogP contribution in [0.4, 0.5) is 5.69 Å². The summed E-state index contributed by atoms with van der Waals surface area (Å²) in [5, 5.41) is 11.1. The number of imidazole rings is 1. The molecule has 0 radical (unpaired) electrons. The van der Waals surface area contributed by atoms with E-state index in [2.05, 4.69) is 39.6 Å². The molecule has 2 aromatic heterocycles. The lowest BCUT2D eigenvalue weighted by Gasteiger charge is -2.07. The number of nitrogens with one attached hydrogen (secondary N) is 3. The van der Waals surface area contributed by atoms with Crippen molar-refractivity contribution in [2.45, 2.75) is 31.7 Å². The third-order valence-electron chi connectivity index (χ3n) is 3.55. The second-order valence-electron chi connectivity index (χ2n) is 5.49. The molecule has 3 aromatic rings. The Hall–Kier alpha value is -2.39. The Bertz CT molecular complexity index is 853. The number of aryl methyl sites for hydroxylation is 1. The fraction of sp³-hybridized carbons (Fsp3) is 0.250. The zero-order chi connectivity index (χ0) is 15.7. The molecule has 0 aliphatic rings. The molecule has 0 aliphatic carbocycles. The molecular formula is C16H17N5S. The van der Waals surface area contributed by atoms with Crippen LogP contribution < -0.4 is 4.72 Å². The summed E-state index contributed by atoms with van der Waals surface area (Å²) >= 11 is 1.48. The minimum atomic E-state index is 0.377. The van der Waals surface area contributed by atoms with Gasteiger partial charge in [-0.05, 0) is 18.6 Å². The van der Waals surface area contributed by atoms with Gasteiger partial charge in [0.1, 0.15) is 16.9 Å². The molecule has 0 amide bonds. The Labute approximate surface area is 133 Å². The smallest absolute Gasteiger partial charge is 0.113 e. The average molecular weight is 311 g/mol. The highest BCUT2D eigenvalue weighted by Crippen LogP contribution is 2.31. The normalized spacial score (nSPS) is 11.0. The summed E-state index contributed by atoms with van der Waals surface area (Å²) in [6.45, 7) is 6.22. The molecule has 5 nitrogen and oxygen atoms in total. The van der Waals surface area contributed by atoms with Crippen molar-refractivity contribution in [3.8, 4) is 6.07 Å². The van der Waals surface area contributed by atoms with Crippen LogP contribution in [0.15, 0.2) is 29.6 Å². The van der Waals surface area contributed by atoms with E-state index in [1.165, 1.54) is 11.9 Å². The van der Waals surface area contributed by atoms with Gasteiger partial charge in [0.25, 0.3) is 0 Å². The van der Waals surface area contributed by atoms with Crippen molar-refractivity contribution in [2.24, 2.45) is 0 Å². The SMILES string of the molecule is Cc1ccc(NSc2cnc(C(C)C)[nH]2)c2[nH]cc(C#N)c12. The number of benzene rings is 1. The lowest BCUT2D eigenvalue weighted by Crippen LogP contribution is -1.91. The maximum absolute atomic E-state index is 9.19. The molecule has 112 valence electrons. The Balaban J connectivity index is 1.86. The van der Waals surface area contributed by atoms with E-state index in [0.29, 0.717) is 11.5 Å². The number of fused-ring (bicyclic) bond motifs is 1. The topological polar surface area (TPSA) is 80.3 Å². The number of aromatic amines is 2. The van der Waals surface area contributed by atoms with Crippen molar-refractivity contribution in [1.82, 2.24) is 15.0 Å². The van der Waals surface area contributed by atoms with Crippen LogP contribution in [0.3, 0.4) is 0 Å². The first-order valence-electron chi connectivity index (χ1n) is 7.08. The molecule has 0 fully saturated rings. The molecule has 0 saturated heterocycles. The average Bonchev–Trinajstić information content (AvgIpc) is 3.13. The zero-order valence-electron chi connectivity index (χ0n) is 12.7. The van der Waals surface area contributed by atoms with Crippen molar-refractivity contribution in [3.63, 3.8) is 0 Å². The third kappa shape index (κ3) is 2.55. The summed E-state index contributed by atoms with van der Waals surface area (Å²) in [5.41, 5.74) is 3.66. The molecule has 3 N–H and O–H groups in total.